The van der Waals surface area contributed by atoms with Crippen LogP contribution in [0.1, 0.15) is 76.3 Å². The van der Waals surface area contributed by atoms with Crippen molar-refractivity contribution in [3.8, 4) is 55.6 Å². The van der Waals surface area contributed by atoms with Gasteiger partial charge in [0.1, 0.15) is 0 Å². The predicted molar refractivity (Wildman–Crippen MR) is 284 cm³/mol. The fourth-order valence-electron chi connectivity index (χ4n) is 12.7. The molecule has 0 radical (unpaired) electrons. The van der Waals surface area contributed by atoms with Crippen LogP contribution < -0.4 is 0 Å². The van der Waals surface area contributed by atoms with E-state index in [1.165, 1.54) is 137 Å². The molecule has 0 spiro atoms. The zero-order chi connectivity index (χ0) is 44.9. The topological polar surface area (TPSA) is 0 Å². The molecule has 0 heterocycles. The second kappa shape index (κ2) is 13.6. The third-order valence-corrected chi connectivity index (χ3v) is 15.7. The van der Waals surface area contributed by atoms with Crippen molar-refractivity contribution in [3.63, 3.8) is 0 Å². The van der Waals surface area contributed by atoms with Crippen LogP contribution in [0.5, 0.6) is 0 Å². The maximum absolute atomic E-state index is 2.53. The van der Waals surface area contributed by atoms with Crippen LogP contribution in [0.3, 0.4) is 0 Å². The molecule has 13 rings (SSSR count). The van der Waals surface area contributed by atoms with Crippen LogP contribution in [0.2, 0.25) is 0 Å². The van der Waals surface area contributed by atoms with Gasteiger partial charge in [0.15, 0.2) is 0 Å². The highest BCUT2D eigenvalue weighted by molar-refractivity contribution is 6.29. The van der Waals surface area contributed by atoms with Crippen molar-refractivity contribution in [2.45, 2.75) is 64.7 Å². The molecule has 11 aromatic rings. The van der Waals surface area contributed by atoms with Crippen LogP contribution in [0.25, 0.3) is 109 Å². The van der Waals surface area contributed by atoms with Gasteiger partial charge in [-0.3, -0.25) is 0 Å². The van der Waals surface area contributed by atoms with Gasteiger partial charge in [-0.25, -0.2) is 0 Å². The third-order valence-electron chi connectivity index (χ3n) is 15.7. The van der Waals surface area contributed by atoms with E-state index in [1.54, 1.807) is 0 Å². The fourth-order valence-corrected chi connectivity index (χ4v) is 12.7. The lowest BCUT2D eigenvalue weighted by Gasteiger charge is -2.28. The molecule has 0 unspecified atom stereocenters. The van der Waals surface area contributed by atoms with Gasteiger partial charge in [-0.1, -0.05) is 212 Å². The predicted octanol–water partition coefficient (Wildman–Crippen LogP) is 18.4. The second-order valence-electron chi connectivity index (χ2n) is 21.2. The molecular weight excluding hydrogens is 793 g/mol. The summed E-state index contributed by atoms with van der Waals surface area (Å²) in [4.78, 5) is 0. The molecule has 11 aromatic carbocycles. The SMILES string of the molecule is CC(C)(C)c1c2ccccc2c(-c2c3ccccc3c(-c3cccc4ccccc34)c3ccccc23)c2ccc(-c3ccc4c(c3)C(C)(C)c3cc5c(cc3-4)C(C)(C)c3ccccc3-5)cc12. The summed E-state index contributed by atoms with van der Waals surface area (Å²) in [6, 6.07) is 71.8. The van der Waals surface area contributed by atoms with Crippen LogP contribution >= 0.6 is 0 Å². The highest BCUT2D eigenvalue weighted by Crippen LogP contribution is 2.57. The quantitative estimate of drug-likeness (QED) is 0.155. The van der Waals surface area contributed by atoms with E-state index in [4.69, 9.17) is 0 Å². The summed E-state index contributed by atoms with van der Waals surface area (Å²) in [6.45, 7) is 16.8. The highest BCUT2D eigenvalue weighted by atomic mass is 14.4. The highest BCUT2D eigenvalue weighted by Gasteiger charge is 2.41. The summed E-state index contributed by atoms with van der Waals surface area (Å²) < 4.78 is 0. The molecule has 2 aliphatic carbocycles. The Morgan fingerprint density at radius 3 is 1.35 bits per heavy atom. The Labute approximate surface area is 388 Å². The minimum absolute atomic E-state index is 0.0376. The lowest BCUT2D eigenvalue weighted by atomic mass is 9.76. The van der Waals surface area contributed by atoms with E-state index >= 15 is 0 Å². The maximum Gasteiger partial charge on any atom is 0.0159 e. The van der Waals surface area contributed by atoms with E-state index in [0.717, 1.165) is 0 Å². The van der Waals surface area contributed by atoms with Gasteiger partial charge in [0, 0.05) is 10.8 Å². The molecule has 0 saturated heterocycles. The molecule has 0 aliphatic heterocycles. The average Bonchev–Trinajstić information content (AvgIpc) is 3.69. The first kappa shape index (κ1) is 39.1. The lowest BCUT2D eigenvalue weighted by molar-refractivity contribution is 0.601. The standard InChI is InChI=1S/C66H52/c1-64(2,3)63-52-28-15-14-27-50(52)62(61-48-25-12-10-23-46(48)60(47-24-11-13-26-49(47)61)45-29-18-20-39-19-8-9-21-42(39)45)51-34-32-40(35-55(51)63)41-31-33-44-54-38-58-53(37-59(54)66(6,7)57(44)36-41)43-22-16-17-30-56(43)65(58,4)5/h8-38H,1-7H3. The fraction of sp³-hybridized carbons (Fsp3) is 0.152. The Hall–Kier alpha value is -7.28. The Balaban J connectivity index is 1.05. The molecule has 0 fully saturated rings. The average molecular weight is 845 g/mol. The van der Waals surface area contributed by atoms with Gasteiger partial charge in [-0.2, -0.15) is 0 Å². The summed E-state index contributed by atoms with van der Waals surface area (Å²) in [5.41, 5.74) is 20.0. The zero-order valence-corrected chi connectivity index (χ0v) is 38.9. The van der Waals surface area contributed by atoms with E-state index in [0.29, 0.717) is 0 Å². The molecule has 0 heteroatoms. The van der Waals surface area contributed by atoms with Gasteiger partial charge in [0.05, 0.1) is 0 Å². The summed E-state index contributed by atoms with van der Waals surface area (Å²) in [7, 11) is 0. The first-order chi connectivity index (χ1) is 31.9. The summed E-state index contributed by atoms with van der Waals surface area (Å²) in [6.07, 6.45) is 0. The Bertz CT molecular complexity index is 3840. The van der Waals surface area contributed by atoms with Gasteiger partial charge in [0.25, 0.3) is 0 Å². The van der Waals surface area contributed by atoms with Crippen molar-refractivity contribution in [1.29, 1.82) is 0 Å². The molecule has 0 bridgehead atoms. The molecule has 0 aromatic heterocycles. The second-order valence-corrected chi connectivity index (χ2v) is 21.2. The normalized spacial score (nSPS) is 14.5. The first-order valence-corrected chi connectivity index (χ1v) is 23.8. The van der Waals surface area contributed by atoms with E-state index < -0.39 is 0 Å². The first-order valence-electron chi connectivity index (χ1n) is 23.8. The van der Waals surface area contributed by atoms with Gasteiger partial charge < -0.3 is 0 Å². The molecule has 0 nitrogen and oxygen atoms in total. The summed E-state index contributed by atoms with van der Waals surface area (Å²) >= 11 is 0. The monoisotopic (exact) mass is 844 g/mol. The number of hydrogen-bond acceptors (Lipinski definition) is 0. The molecule has 0 amide bonds. The molecule has 0 saturated carbocycles. The van der Waals surface area contributed by atoms with Crippen LogP contribution in [0.15, 0.2) is 188 Å². The van der Waals surface area contributed by atoms with Crippen LogP contribution in [0.4, 0.5) is 0 Å². The minimum atomic E-state index is -0.144. The smallest absolute Gasteiger partial charge is 0.0159 e. The van der Waals surface area contributed by atoms with E-state index in [2.05, 4.69) is 237 Å². The summed E-state index contributed by atoms with van der Waals surface area (Å²) in [5.74, 6) is 0. The zero-order valence-electron chi connectivity index (χ0n) is 38.9. The largest absolute Gasteiger partial charge is 0.0619 e. The molecular formula is C66H52. The van der Waals surface area contributed by atoms with Crippen molar-refractivity contribution in [2.75, 3.05) is 0 Å². The van der Waals surface area contributed by atoms with Crippen LogP contribution in [0, 0.1) is 0 Å². The van der Waals surface area contributed by atoms with E-state index in [1.807, 2.05) is 0 Å². The van der Waals surface area contributed by atoms with Gasteiger partial charge in [-0.05, 0) is 167 Å². The minimum Gasteiger partial charge on any atom is -0.0619 e. The number of benzene rings is 11. The Kier molecular flexibility index (Phi) is 8.08. The van der Waals surface area contributed by atoms with Crippen LogP contribution in [-0.2, 0) is 16.2 Å². The van der Waals surface area contributed by atoms with Crippen molar-refractivity contribution in [1.82, 2.24) is 0 Å². The van der Waals surface area contributed by atoms with Crippen molar-refractivity contribution in [2.24, 2.45) is 0 Å². The van der Waals surface area contributed by atoms with E-state index in [-0.39, 0.29) is 16.2 Å². The van der Waals surface area contributed by atoms with Crippen LogP contribution in [-0.4, -0.2) is 0 Å². The van der Waals surface area contributed by atoms with Crippen molar-refractivity contribution < 1.29 is 0 Å². The number of rotatable bonds is 3. The van der Waals surface area contributed by atoms with E-state index in [9.17, 15) is 0 Å². The molecule has 0 atom stereocenters. The maximum atomic E-state index is 2.53. The van der Waals surface area contributed by atoms with Gasteiger partial charge in [0.2, 0.25) is 0 Å². The summed E-state index contributed by atoms with van der Waals surface area (Å²) in [5, 5.41) is 12.9. The number of fused-ring (bicyclic) bond motifs is 11. The molecule has 0 N–H and O–H groups in total. The lowest BCUT2D eigenvalue weighted by Crippen LogP contribution is -2.17. The molecule has 66 heavy (non-hydrogen) atoms. The van der Waals surface area contributed by atoms with Crippen molar-refractivity contribution >= 4 is 53.9 Å². The molecule has 316 valence electrons. The third kappa shape index (κ3) is 5.33. The van der Waals surface area contributed by atoms with Crippen molar-refractivity contribution in [3.05, 3.63) is 216 Å². The van der Waals surface area contributed by atoms with Gasteiger partial charge in [-0.15, -0.1) is 0 Å². The van der Waals surface area contributed by atoms with Gasteiger partial charge >= 0.3 is 0 Å². The molecule has 2 aliphatic rings. The number of hydrogen-bond donors (Lipinski definition) is 0. The Morgan fingerprint density at radius 1 is 0.288 bits per heavy atom. The Morgan fingerprint density at radius 2 is 0.712 bits per heavy atom.